The highest BCUT2D eigenvalue weighted by Gasteiger charge is 2.12. The number of benzene rings is 2. The Bertz CT molecular complexity index is 818. The van der Waals surface area contributed by atoms with E-state index < -0.39 is 5.91 Å². The maximum Gasteiger partial charge on any atom is 0.266 e. The zero-order valence-corrected chi connectivity index (χ0v) is 14.5. The normalized spacial score (nSPS) is 10.7. The van der Waals surface area contributed by atoms with E-state index in [1.165, 1.54) is 6.08 Å². The molecule has 5 nitrogen and oxygen atoms in total. The van der Waals surface area contributed by atoms with Crippen molar-refractivity contribution in [2.24, 2.45) is 0 Å². The highest BCUT2D eigenvalue weighted by Crippen LogP contribution is 2.27. The summed E-state index contributed by atoms with van der Waals surface area (Å²) in [5, 5.41) is 12.1. The van der Waals surface area contributed by atoms with Gasteiger partial charge in [0.05, 0.1) is 13.7 Å². The monoisotopic (exact) mass is 336 g/mol. The van der Waals surface area contributed by atoms with Crippen LogP contribution in [-0.4, -0.2) is 19.6 Å². The van der Waals surface area contributed by atoms with Gasteiger partial charge in [0.2, 0.25) is 0 Å². The molecule has 128 valence electrons. The summed E-state index contributed by atoms with van der Waals surface area (Å²) in [6.07, 6.45) is 1.51. The van der Waals surface area contributed by atoms with Gasteiger partial charge >= 0.3 is 0 Å². The van der Waals surface area contributed by atoms with Gasteiger partial charge in [0.15, 0.2) is 0 Å². The quantitative estimate of drug-likeness (QED) is 0.640. The Morgan fingerprint density at radius 3 is 2.56 bits per heavy atom. The molecule has 5 heteroatoms. The van der Waals surface area contributed by atoms with Gasteiger partial charge in [-0.2, -0.15) is 5.26 Å². The molecular formula is C20H20N2O3. The van der Waals surface area contributed by atoms with Crippen molar-refractivity contribution in [3.8, 4) is 17.6 Å². The van der Waals surface area contributed by atoms with Crippen molar-refractivity contribution in [3.05, 3.63) is 59.2 Å². The van der Waals surface area contributed by atoms with Gasteiger partial charge in [-0.1, -0.05) is 17.7 Å². The lowest BCUT2D eigenvalue weighted by Crippen LogP contribution is -2.13. The minimum absolute atomic E-state index is 0.00769. The molecule has 0 saturated carbocycles. The van der Waals surface area contributed by atoms with Crippen LogP contribution in [0.15, 0.2) is 48.0 Å². The first-order valence-corrected chi connectivity index (χ1v) is 7.88. The first-order chi connectivity index (χ1) is 12.1. The molecule has 0 heterocycles. The fraction of sp³-hybridized carbons (Fsp3) is 0.200. The molecule has 0 spiro atoms. The topological polar surface area (TPSA) is 71.3 Å². The van der Waals surface area contributed by atoms with Crippen molar-refractivity contribution in [2.75, 3.05) is 19.0 Å². The molecule has 0 saturated heterocycles. The van der Waals surface area contributed by atoms with Crippen LogP contribution in [0, 0.1) is 18.3 Å². The number of anilines is 1. The van der Waals surface area contributed by atoms with Crippen molar-refractivity contribution in [3.63, 3.8) is 0 Å². The molecule has 0 unspecified atom stereocenters. The number of nitrogens with one attached hydrogen (secondary N) is 1. The molecule has 0 atom stereocenters. The number of aryl methyl sites for hydroxylation is 1. The minimum atomic E-state index is -0.468. The largest absolute Gasteiger partial charge is 0.497 e. The SMILES string of the molecule is CCOc1cc(OC)ccc1/C=C(\C#N)C(=O)Nc1ccc(C)cc1. The summed E-state index contributed by atoms with van der Waals surface area (Å²) >= 11 is 0. The molecule has 0 bridgehead atoms. The molecule has 2 rings (SSSR count). The van der Waals surface area contributed by atoms with Crippen molar-refractivity contribution >= 4 is 17.7 Å². The van der Waals surface area contributed by atoms with Gasteiger partial charge < -0.3 is 14.8 Å². The predicted octanol–water partition coefficient (Wildman–Crippen LogP) is 3.95. The molecule has 0 radical (unpaired) electrons. The number of rotatable bonds is 6. The fourth-order valence-electron chi connectivity index (χ4n) is 2.18. The summed E-state index contributed by atoms with van der Waals surface area (Å²) in [5.74, 6) is 0.727. The minimum Gasteiger partial charge on any atom is -0.497 e. The summed E-state index contributed by atoms with van der Waals surface area (Å²) in [6.45, 7) is 4.29. The number of hydrogen-bond donors (Lipinski definition) is 1. The third kappa shape index (κ3) is 4.85. The van der Waals surface area contributed by atoms with Crippen LogP contribution >= 0.6 is 0 Å². The van der Waals surface area contributed by atoms with E-state index >= 15 is 0 Å². The van der Waals surface area contributed by atoms with Gasteiger partial charge in [-0.25, -0.2) is 0 Å². The Morgan fingerprint density at radius 2 is 1.96 bits per heavy atom. The molecule has 0 aliphatic carbocycles. The number of carbonyl (C=O) groups is 1. The maximum atomic E-state index is 12.4. The summed E-state index contributed by atoms with van der Waals surface area (Å²) in [7, 11) is 1.57. The molecule has 2 aromatic rings. The van der Waals surface area contributed by atoms with Crippen LogP contribution in [0.3, 0.4) is 0 Å². The molecule has 25 heavy (non-hydrogen) atoms. The van der Waals surface area contributed by atoms with Crippen LogP contribution < -0.4 is 14.8 Å². The molecular weight excluding hydrogens is 316 g/mol. The summed E-state index contributed by atoms with van der Waals surface area (Å²) in [5.41, 5.74) is 2.36. The standard InChI is InChI=1S/C20H20N2O3/c1-4-25-19-12-18(24-3)10-7-15(19)11-16(13-21)20(23)22-17-8-5-14(2)6-9-17/h5-12H,4H2,1-3H3,(H,22,23)/b16-11+. The average Bonchev–Trinajstić information content (AvgIpc) is 2.62. The van der Waals surface area contributed by atoms with Gasteiger partial charge in [0, 0.05) is 17.3 Å². The van der Waals surface area contributed by atoms with Gasteiger partial charge in [-0.05, 0) is 44.2 Å². The fourth-order valence-corrected chi connectivity index (χ4v) is 2.18. The van der Waals surface area contributed by atoms with Crippen LogP contribution in [0.1, 0.15) is 18.1 Å². The summed E-state index contributed by atoms with van der Waals surface area (Å²) in [4.78, 5) is 12.4. The second-order valence-electron chi connectivity index (χ2n) is 5.33. The Labute approximate surface area is 147 Å². The predicted molar refractivity (Wildman–Crippen MR) is 97.6 cm³/mol. The van der Waals surface area contributed by atoms with E-state index in [0.717, 1.165) is 5.56 Å². The molecule has 0 aromatic heterocycles. The van der Waals surface area contributed by atoms with Gasteiger partial charge in [-0.3, -0.25) is 4.79 Å². The molecule has 2 aromatic carbocycles. The molecule has 1 N–H and O–H groups in total. The van der Waals surface area contributed by atoms with Crippen LogP contribution in [0.4, 0.5) is 5.69 Å². The smallest absolute Gasteiger partial charge is 0.266 e. The zero-order chi connectivity index (χ0) is 18.2. The highest BCUT2D eigenvalue weighted by atomic mass is 16.5. The Kier molecular flexibility index (Phi) is 6.19. The Hall–Kier alpha value is -3.26. The number of hydrogen-bond acceptors (Lipinski definition) is 4. The van der Waals surface area contributed by atoms with Crippen molar-refractivity contribution < 1.29 is 14.3 Å². The van der Waals surface area contributed by atoms with Crippen LogP contribution in [0.5, 0.6) is 11.5 Å². The Balaban J connectivity index is 2.28. The van der Waals surface area contributed by atoms with E-state index in [-0.39, 0.29) is 5.57 Å². The van der Waals surface area contributed by atoms with E-state index in [1.807, 2.05) is 32.0 Å². The number of nitriles is 1. The maximum absolute atomic E-state index is 12.4. The lowest BCUT2D eigenvalue weighted by Gasteiger charge is -2.10. The van der Waals surface area contributed by atoms with E-state index in [4.69, 9.17) is 9.47 Å². The Morgan fingerprint density at radius 1 is 1.24 bits per heavy atom. The second-order valence-corrected chi connectivity index (χ2v) is 5.33. The van der Waals surface area contributed by atoms with E-state index in [9.17, 15) is 10.1 Å². The lowest BCUT2D eigenvalue weighted by molar-refractivity contribution is -0.112. The van der Waals surface area contributed by atoms with Gasteiger partial charge in [0.1, 0.15) is 23.1 Å². The first kappa shape index (κ1) is 18.1. The zero-order valence-electron chi connectivity index (χ0n) is 14.5. The molecule has 1 amide bonds. The van der Waals surface area contributed by atoms with Crippen molar-refractivity contribution in [1.82, 2.24) is 0 Å². The number of amides is 1. The number of methoxy groups -OCH3 is 1. The van der Waals surface area contributed by atoms with Crippen LogP contribution in [0.2, 0.25) is 0 Å². The van der Waals surface area contributed by atoms with E-state index in [1.54, 1.807) is 37.4 Å². The summed E-state index contributed by atoms with van der Waals surface area (Å²) < 4.78 is 10.7. The van der Waals surface area contributed by atoms with Gasteiger partial charge in [-0.15, -0.1) is 0 Å². The average molecular weight is 336 g/mol. The van der Waals surface area contributed by atoms with E-state index in [0.29, 0.717) is 29.4 Å². The number of ether oxygens (including phenoxy) is 2. The first-order valence-electron chi connectivity index (χ1n) is 7.88. The summed E-state index contributed by atoms with van der Waals surface area (Å²) in [6, 6.07) is 14.5. The van der Waals surface area contributed by atoms with Crippen LogP contribution in [-0.2, 0) is 4.79 Å². The van der Waals surface area contributed by atoms with Crippen molar-refractivity contribution in [2.45, 2.75) is 13.8 Å². The highest BCUT2D eigenvalue weighted by molar-refractivity contribution is 6.09. The molecule has 0 fully saturated rings. The third-order valence-corrected chi connectivity index (χ3v) is 3.49. The second kappa shape index (κ2) is 8.55. The molecule has 0 aliphatic heterocycles. The van der Waals surface area contributed by atoms with E-state index in [2.05, 4.69) is 5.32 Å². The van der Waals surface area contributed by atoms with Crippen molar-refractivity contribution in [1.29, 1.82) is 5.26 Å². The van der Waals surface area contributed by atoms with Crippen LogP contribution in [0.25, 0.3) is 6.08 Å². The lowest BCUT2D eigenvalue weighted by atomic mass is 10.1. The molecule has 0 aliphatic rings. The number of nitrogens with zero attached hydrogens (tertiary/aromatic N) is 1. The number of carbonyl (C=O) groups excluding carboxylic acids is 1. The third-order valence-electron chi connectivity index (χ3n) is 3.49. The van der Waals surface area contributed by atoms with Gasteiger partial charge in [0.25, 0.3) is 5.91 Å².